The number of nitrogens with one attached hydrogen (secondary N) is 2. The molecule has 4 rings (SSSR count). The van der Waals surface area contributed by atoms with Crippen LogP contribution in [0.2, 0.25) is 0 Å². The summed E-state index contributed by atoms with van der Waals surface area (Å²) in [4.78, 5) is 17.3. The minimum absolute atomic E-state index is 0.0591. The maximum absolute atomic E-state index is 13.9. The van der Waals surface area contributed by atoms with Crippen molar-refractivity contribution in [2.45, 2.75) is 76.5 Å². The zero-order valence-corrected chi connectivity index (χ0v) is 20.6. The number of hydrazine groups is 1. The Labute approximate surface area is 197 Å². The highest BCUT2D eigenvalue weighted by Gasteiger charge is 2.51. The van der Waals surface area contributed by atoms with Crippen LogP contribution in [0, 0.1) is 23.7 Å². The first-order valence-electron chi connectivity index (χ1n) is 13.0. The molecule has 4 aliphatic rings. The first-order valence-corrected chi connectivity index (χ1v) is 13.0. The second kappa shape index (κ2) is 10.4. The molecule has 33 heavy (non-hydrogen) atoms. The van der Waals surface area contributed by atoms with Gasteiger partial charge in [-0.25, -0.2) is 13.8 Å². The predicted molar refractivity (Wildman–Crippen MR) is 125 cm³/mol. The molecule has 3 saturated heterocycles. The Morgan fingerprint density at radius 1 is 1.27 bits per heavy atom. The molecule has 0 aromatic heterocycles. The van der Waals surface area contributed by atoms with E-state index in [1.54, 1.807) is 0 Å². The third kappa shape index (κ3) is 5.69. The standard InChI is InChI=1S/C24H44F2N6O/c1-16(2)32-22-20(13-28-32)19(23(33)31-9-7-24(25,26)15-31)12-21(29-22)18-6-4-5-17(11-18)14-30(3)10-8-27/h16-22,28-29H,4-15,27H2,1-3H3. The molecule has 4 N–H and O–H groups in total. The van der Waals surface area contributed by atoms with Crippen LogP contribution in [0.25, 0.3) is 0 Å². The van der Waals surface area contributed by atoms with Crippen LogP contribution in [0.1, 0.15) is 52.4 Å². The topological polar surface area (TPSA) is 76.9 Å². The summed E-state index contributed by atoms with van der Waals surface area (Å²) in [6.45, 7) is 7.45. The average molecular weight is 471 g/mol. The summed E-state index contributed by atoms with van der Waals surface area (Å²) in [5.41, 5.74) is 9.23. The number of rotatable bonds is 7. The molecule has 3 aliphatic heterocycles. The summed E-state index contributed by atoms with van der Waals surface area (Å²) in [7, 11) is 2.14. The number of likely N-dealkylation sites (tertiary alicyclic amines) is 1. The molecule has 1 saturated carbocycles. The van der Waals surface area contributed by atoms with Crippen LogP contribution in [0.3, 0.4) is 0 Å². The van der Waals surface area contributed by atoms with Crippen molar-refractivity contribution in [1.29, 1.82) is 0 Å². The lowest BCUT2D eigenvalue weighted by Gasteiger charge is -2.46. The third-order valence-electron chi connectivity index (χ3n) is 8.45. The first kappa shape index (κ1) is 25.2. The van der Waals surface area contributed by atoms with Gasteiger partial charge in [0.1, 0.15) is 0 Å². The molecule has 0 radical (unpaired) electrons. The van der Waals surface area contributed by atoms with Gasteiger partial charge < -0.3 is 15.5 Å². The fourth-order valence-corrected chi connectivity index (χ4v) is 6.82. The molecular formula is C24H44F2N6O. The van der Waals surface area contributed by atoms with Gasteiger partial charge in [-0.3, -0.25) is 15.5 Å². The van der Waals surface area contributed by atoms with E-state index in [2.05, 4.69) is 41.5 Å². The highest BCUT2D eigenvalue weighted by atomic mass is 19.3. The fraction of sp³-hybridized carbons (Fsp3) is 0.958. The SMILES string of the molecule is CC(C)N1NCC2C(C(=O)N3CCC(F)(F)C3)CC(C3CCCC(CN(C)CCN)C3)NC21. The van der Waals surface area contributed by atoms with Crippen LogP contribution >= 0.6 is 0 Å². The summed E-state index contributed by atoms with van der Waals surface area (Å²) in [5.74, 6) is -1.73. The van der Waals surface area contributed by atoms with Gasteiger partial charge in [0, 0.05) is 63.1 Å². The minimum Gasteiger partial charge on any atom is -0.336 e. The molecule has 0 aromatic carbocycles. The number of likely N-dealkylation sites (N-methyl/N-ethyl adjacent to an activating group) is 1. The number of fused-ring (bicyclic) bond motifs is 1. The van der Waals surface area contributed by atoms with E-state index in [1.165, 1.54) is 24.2 Å². The molecule has 0 spiro atoms. The second-order valence-electron chi connectivity index (χ2n) is 11.3. The summed E-state index contributed by atoms with van der Waals surface area (Å²) in [6, 6.07) is 0.536. The van der Waals surface area contributed by atoms with E-state index in [9.17, 15) is 13.6 Å². The van der Waals surface area contributed by atoms with Gasteiger partial charge in [-0.2, -0.15) is 0 Å². The lowest BCUT2D eigenvalue weighted by atomic mass is 9.71. The molecular weight excluding hydrogens is 426 g/mol. The van der Waals surface area contributed by atoms with Gasteiger partial charge in [-0.15, -0.1) is 0 Å². The zero-order valence-electron chi connectivity index (χ0n) is 20.6. The molecule has 0 bridgehead atoms. The number of nitrogens with two attached hydrogens (primary N) is 1. The van der Waals surface area contributed by atoms with Crippen molar-refractivity contribution in [1.82, 2.24) is 25.6 Å². The maximum Gasteiger partial charge on any atom is 0.267 e. The number of nitrogens with zero attached hydrogens (tertiary/aromatic N) is 3. The van der Waals surface area contributed by atoms with E-state index < -0.39 is 12.5 Å². The van der Waals surface area contributed by atoms with Crippen LogP contribution in [-0.4, -0.2) is 91.2 Å². The number of amides is 1. The Hall–Kier alpha value is -0.870. The van der Waals surface area contributed by atoms with Crippen LogP contribution < -0.4 is 16.5 Å². The van der Waals surface area contributed by atoms with Gasteiger partial charge in [-0.05, 0) is 58.4 Å². The van der Waals surface area contributed by atoms with Crippen LogP contribution in [0.4, 0.5) is 8.78 Å². The van der Waals surface area contributed by atoms with Crippen LogP contribution in [0.15, 0.2) is 0 Å². The highest BCUT2D eigenvalue weighted by molar-refractivity contribution is 5.80. The number of hydrogen-bond acceptors (Lipinski definition) is 6. The fourth-order valence-electron chi connectivity index (χ4n) is 6.82. The van der Waals surface area contributed by atoms with E-state index in [1.807, 2.05) is 0 Å². The Balaban J connectivity index is 1.48. The molecule has 190 valence electrons. The van der Waals surface area contributed by atoms with E-state index in [-0.39, 0.29) is 42.9 Å². The van der Waals surface area contributed by atoms with Crippen molar-refractivity contribution >= 4 is 5.91 Å². The summed E-state index contributed by atoms with van der Waals surface area (Å²) in [5, 5.41) is 6.16. The number of piperidine rings is 1. The molecule has 1 amide bonds. The number of hydrogen-bond donors (Lipinski definition) is 3. The normalized spacial score (nSPS) is 37.2. The van der Waals surface area contributed by atoms with Gasteiger partial charge in [-0.1, -0.05) is 6.42 Å². The molecule has 0 aromatic rings. The van der Waals surface area contributed by atoms with Gasteiger partial charge in [0.05, 0.1) is 12.7 Å². The molecule has 6 atom stereocenters. The van der Waals surface area contributed by atoms with E-state index in [0.717, 1.165) is 32.5 Å². The van der Waals surface area contributed by atoms with Crippen molar-refractivity contribution in [2.75, 3.05) is 46.3 Å². The molecule has 4 fully saturated rings. The summed E-state index contributed by atoms with van der Waals surface area (Å²) < 4.78 is 27.8. The number of carbonyl (C=O) groups is 1. The van der Waals surface area contributed by atoms with Crippen LogP contribution in [0.5, 0.6) is 0 Å². The van der Waals surface area contributed by atoms with E-state index >= 15 is 0 Å². The van der Waals surface area contributed by atoms with E-state index in [0.29, 0.717) is 24.4 Å². The predicted octanol–water partition coefficient (Wildman–Crippen LogP) is 1.70. The van der Waals surface area contributed by atoms with Crippen molar-refractivity contribution < 1.29 is 13.6 Å². The summed E-state index contributed by atoms with van der Waals surface area (Å²) >= 11 is 0. The minimum atomic E-state index is -2.74. The van der Waals surface area contributed by atoms with Gasteiger partial charge in [0.25, 0.3) is 5.92 Å². The Morgan fingerprint density at radius 3 is 2.73 bits per heavy atom. The molecule has 7 nitrogen and oxygen atoms in total. The monoisotopic (exact) mass is 470 g/mol. The van der Waals surface area contributed by atoms with Gasteiger partial charge in [0.2, 0.25) is 5.91 Å². The summed E-state index contributed by atoms with van der Waals surface area (Å²) in [6.07, 6.45) is 5.40. The highest BCUT2D eigenvalue weighted by Crippen LogP contribution is 2.41. The smallest absolute Gasteiger partial charge is 0.267 e. The first-order chi connectivity index (χ1) is 15.7. The maximum atomic E-state index is 13.9. The van der Waals surface area contributed by atoms with Gasteiger partial charge in [0.15, 0.2) is 0 Å². The Bertz CT molecular complexity index is 679. The molecule has 9 heteroatoms. The van der Waals surface area contributed by atoms with E-state index in [4.69, 9.17) is 5.73 Å². The lowest BCUT2D eigenvalue weighted by Crippen LogP contribution is -2.62. The van der Waals surface area contributed by atoms with Crippen molar-refractivity contribution in [3.05, 3.63) is 0 Å². The lowest BCUT2D eigenvalue weighted by molar-refractivity contribution is -0.140. The molecule has 3 heterocycles. The number of alkyl halides is 2. The number of halogens is 2. The largest absolute Gasteiger partial charge is 0.336 e. The van der Waals surface area contributed by atoms with Crippen molar-refractivity contribution in [2.24, 2.45) is 29.4 Å². The van der Waals surface area contributed by atoms with Gasteiger partial charge >= 0.3 is 0 Å². The second-order valence-corrected chi connectivity index (χ2v) is 11.3. The molecule has 1 aliphatic carbocycles. The molecule has 6 unspecified atom stereocenters. The van der Waals surface area contributed by atoms with Crippen molar-refractivity contribution in [3.63, 3.8) is 0 Å². The van der Waals surface area contributed by atoms with Crippen molar-refractivity contribution in [3.8, 4) is 0 Å². The van der Waals surface area contributed by atoms with Crippen LogP contribution in [-0.2, 0) is 4.79 Å². The number of carbonyl (C=O) groups excluding carboxylic acids is 1. The Morgan fingerprint density at radius 2 is 2.06 bits per heavy atom. The quantitative estimate of drug-likeness (QED) is 0.526. The third-order valence-corrected chi connectivity index (χ3v) is 8.45. The zero-order chi connectivity index (χ0) is 23.8. The average Bonchev–Trinajstić information content (AvgIpc) is 3.36. The Kier molecular flexibility index (Phi) is 7.95.